The van der Waals surface area contributed by atoms with Crippen LogP contribution in [0.3, 0.4) is 0 Å². The van der Waals surface area contributed by atoms with E-state index in [0.29, 0.717) is 36.9 Å². The van der Waals surface area contributed by atoms with Gasteiger partial charge in [0.2, 0.25) is 10.0 Å². The van der Waals surface area contributed by atoms with E-state index >= 15 is 0 Å². The summed E-state index contributed by atoms with van der Waals surface area (Å²) in [4.78, 5) is 12.9. The molecule has 1 aliphatic rings. The number of nitrogens with one attached hydrogen (secondary N) is 1. The molecule has 0 radical (unpaired) electrons. The first-order chi connectivity index (χ1) is 14.0. The van der Waals surface area contributed by atoms with Crippen molar-refractivity contribution in [3.63, 3.8) is 0 Å². The summed E-state index contributed by atoms with van der Waals surface area (Å²) in [6.45, 7) is 3.46. The minimum Gasteiger partial charge on any atom is -0.496 e. The fourth-order valence-corrected chi connectivity index (χ4v) is 4.82. The van der Waals surface area contributed by atoms with Crippen LogP contribution in [0.2, 0.25) is 0 Å². The zero-order valence-electron chi connectivity index (χ0n) is 16.7. The van der Waals surface area contributed by atoms with Gasteiger partial charge in [0.15, 0.2) is 0 Å². The van der Waals surface area contributed by atoms with Crippen LogP contribution >= 0.6 is 0 Å². The third kappa shape index (κ3) is 4.89. The average molecular weight is 419 g/mol. The number of anilines is 1. The number of hydrogen-bond acceptors (Lipinski definition) is 5. The van der Waals surface area contributed by atoms with Crippen molar-refractivity contribution in [2.75, 3.05) is 32.1 Å². The molecule has 1 heterocycles. The summed E-state index contributed by atoms with van der Waals surface area (Å²) in [6, 6.07) is 11.3. The van der Waals surface area contributed by atoms with E-state index in [1.54, 1.807) is 24.3 Å². The van der Waals surface area contributed by atoms with Crippen LogP contribution in [0.15, 0.2) is 47.4 Å². The lowest BCUT2D eigenvalue weighted by Crippen LogP contribution is -2.35. The van der Waals surface area contributed by atoms with Crippen LogP contribution in [-0.2, 0) is 10.0 Å². The molecule has 1 saturated heterocycles. The Balaban J connectivity index is 1.85. The molecule has 7 nitrogen and oxygen atoms in total. The normalized spacial score (nSPS) is 15.0. The molecule has 0 unspecified atom stereocenters. The summed E-state index contributed by atoms with van der Waals surface area (Å²) in [7, 11) is -2.20. The highest BCUT2D eigenvalue weighted by molar-refractivity contribution is 7.89. The third-order valence-corrected chi connectivity index (χ3v) is 6.69. The summed E-state index contributed by atoms with van der Waals surface area (Å²) >= 11 is 0. The van der Waals surface area contributed by atoms with Crippen LogP contribution in [0, 0.1) is 0 Å². The summed E-state index contributed by atoms with van der Waals surface area (Å²) < 4.78 is 38.1. The molecule has 0 bridgehead atoms. The van der Waals surface area contributed by atoms with Gasteiger partial charge < -0.3 is 14.8 Å². The Bertz CT molecular complexity index is 952. The molecule has 0 atom stereocenters. The Hall–Kier alpha value is -2.58. The highest BCUT2D eigenvalue weighted by Gasteiger charge is 2.27. The smallest absolute Gasteiger partial charge is 0.259 e. The lowest BCUT2D eigenvalue weighted by Gasteiger charge is -2.26. The van der Waals surface area contributed by atoms with Crippen molar-refractivity contribution in [2.45, 2.75) is 31.1 Å². The molecule has 2 aromatic carbocycles. The summed E-state index contributed by atoms with van der Waals surface area (Å²) in [5.74, 6) is 0.574. The van der Waals surface area contributed by atoms with E-state index in [4.69, 9.17) is 9.47 Å². The minimum atomic E-state index is -3.65. The molecule has 0 aliphatic carbocycles. The van der Waals surface area contributed by atoms with Crippen LogP contribution in [0.5, 0.6) is 11.5 Å². The molecular weight excluding hydrogens is 392 g/mol. The summed E-state index contributed by atoms with van der Waals surface area (Å²) in [5, 5.41) is 2.78. The van der Waals surface area contributed by atoms with Crippen LogP contribution < -0.4 is 14.8 Å². The molecule has 1 aliphatic heterocycles. The Labute approximate surface area is 171 Å². The highest BCUT2D eigenvalue weighted by atomic mass is 32.2. The number of amides is 1. The molecule has 0 aromatic heterocycles. The second kappa shape index (κ2) is 9.28. The van der Waals surface area contributed by atoms with Crippen LogP contribution in [0.1, 0.15) is 36.5 Å². The van der Waals surface area contributed by atoms with Gasteiger partial charge in [0.25, 0.3) is 5.91 Å². The molecule has 156 valence electrons. The summed E-state index contributed by atoms with van der Waals surface area (Å²) in [6.07, 6.45) is 2.73. The number of sulfonamides is 1. The molecule has 0 spiro atoms. The topological polar surface area (TPSA) is 84.9 Å². The molecule has 1 fully saturated rings. The van der Waals surface area contributed by atoms with Gasteiger partial charge in [-0.1, -0.05) is 6.42 Å². The first kappa shape index (κ1) is 21.1. The van der Waals surface area contributed by atoms with E-state index < -0.39 is 15.9 Å². The van der Waals surface area contributed by atoms with Gasteiger partial charge in [-0.3, -0.25) is 4.79 Å². The van der Waals surface area contributed by atoms with Gasteiger partial charge in [0.1, 0.15) is 11.5 Å². The first-order valence-corrected chi connectivity index (χ1v) is 11.1. The third-order valence-electron chi connectivity index (χ3n) is 4.79. The number of nitrogens with zero attached hydrogens (tertiary/aromatic N) is 1. The minimum absolute atomic E-state index is 0.0945. The first-order valence-electron chi connectivity index (χ1n) is 9.68. The fourth-order valence-electron chi connectivity index (χ4n) is 3.28. The molecule has 2 aromatic rings. The van der Waals surface area contributed by atoms with E-state index in [9.17, 15) is 13.2 Å². The second-order valence-corrected chi connectivity index (χ2v) is 8.68. The molecule has 1 amide bonds. The molecule has 1 N–H and O–H groups in total. The monoisotopic (exact) mass is 418 g/mol. The van der Waals surface area contributed by atoms with Crippen molar-refractivity contribution < 1.29 is 22.7 Å². The number of carbonyl (C=O) groups is 1. The second-order valence-electron chi connectivity index (χ2n) is 6.74. The number of carbonyl (C=O) groups excluding carboxylic acids is 1. The Kier molecular flexibility index (Phi) is 6.76. The maximum absolute atomic E-state index is 13.0. The maximum atomic E-state index is 13.0. The zero-order valence-corrected chi connectivity index (χ0v) is 17.5. The SMILES string of the molecule is CCOc1ccc(NC(=O)c2cc(S(=O)(=O)N3CCCCC3)ccc2OC)cc1. The quantitative estimate of drug-likeness (QED) is 0.744. The van der Waals surface area contributed by atoms with Gasteiger partial charge in [0.05, 0.1) is 24.2 Å². The van der Waals surface area contributed by atoms with Gasteiger partial charge in [-0.15, -0.1) is 0 Å². The van der Waals surface area contributed by atoms with Crippen LogP contribution in [0.4, 0.5) is 5.69 Å². The standard InChI is InChI=1S/C21H26N2O5S/c1-3-28-17-9-7-16(8-10-17)22-21(24)19-15-18(11-12-20(19)27-2)29(25,26)23-13-5-4-6-14-23/h7-12,15H,3-6,13-14H2,1-2H3,(H,22,24). The van der Waals surface area contributed by atoms with Crippen molar-refractivity contribution in [3.05, 3.63) is 48.0 Å². The van der Waals surface area contributed by atoms with Gasteiger partial charge in [-0.2, -0.15) is 4.31 Å². The van der Waals surface area contributed by atoms with E-state index in [-0.39, 0.29) is 10.5 Å². The van der Waals surface area contributed by atoms with Gasteiger partial charge in [-0.05, 0) is 62.2 Å². The Morgan fingerprint density at radius 1 is 1.07 bits per heavy atom. The molecule has 0 saturated carbocycles. The predicted molar refractivity (Wildman–Crippen MR) is 111 cm³/mol. The van der Waals surface area contributed by atoms with E-state index in [1.807, 2.05) is 6.92 Å². The van der Waals surface area contributed by atoms with Gasteiger partial charge in [0, 0.05) is 18.8 Å². The fraction of sp³-hybridized carbons (Fsp3) is 0.381. The molecule has 8 heteroatoms. The number of ether oxygens (including phenoxy) is 2. The van der Waals surface area contributed by atoms with Crippen LogP contribution in [-0.4, -0.2) is 45.4 Å². The van der Waals surface area contributed by atoms with Crippen molar-refractivity contribution in [1.29, 1.82) is 0 Å². The number of piperidine rings is 1. The predicted octanol–water partition coefficient (Wildman–Crippen LogP) is 3.52. The van der Waals surface area contributed by atoms with Crippen LogP contribution in [0.25, 0.3) is 0 Å². The molecule has 3 rings (SSSR count). The van der Waals surface area contributed by atoms with E-state index in [1.165, 1.54) is 29.6 Å². The zero-order chi connectivity index (χ0) is 20.9. The van der Waals surface area contributed by atoms with Crippen molar-refractivity contribution in [3.8, 4) is 11.5 Å². The Morgan fingerprint density at radius 2 is 1.76 bits per heavy atom. The Morgan fingerprint density at radius 3 is 2.38 bits per heavy atom. The lowest BCUT2D eigenvalue weighted by atomic mass is 10.2. The average Bonchev–Trinajstić information content (AvgIpc) is 2.75. The molecule has 29 heavy (non-hydrogen) atoms. The highest BCUT2D eigenvalue weighted by Crippen LogP contribution is 2.27. The lowest BCUT2D eigenvalue weighted by molar-refractivity contribution is 0.102. The largest absolute Gasteiger partial charge is 0.496 e. The van der Waals surface area contributed by atoms with Crippen molar-refractivity contribution >= 4 is 21.6 Å². The van der Waals surface area contributed by atoms with Gasteiger partial charge in [-0.25, -0.2) is 8.42 Å². The maximum Gasteiger partial charge on any atom is 0.259 e. The number of benzene rings is 2. The number of methoxy groups -OCH3 is 1. The van der Waals surface area contributed by atoms with E-state index in [2.05, 4.69) is 5.32 Å². The molecular formula is C21H26N2O5S. The number of hydrogen-bond donors (Lipinski definition) is 1. The van der Waals surface area contributed by atoms with E-state index in [0.717, 1.165) is 19.3 Å². The summed E-state index contributed by atoms with van der Waals surface area (Å²) in [5.41, 5.74) is 0.740. The number of rotatable bonds is 7. The van der Waals surface area contributed by atoms with Crippen molar-refractivity contribution in [1.82, 2.24) is 4.31 Å². The van der Waals surface area contributed by atoms with Gasteiger partial charge >= 0.3 is 0 Å². The van der Waals surface area contributed by atoms with Crippen molar-refractivity contribution in [2.24, 2.45) is 0 Å².